The number of carbonyl (C=O) groups is 1. The van der Waals surface area contributed by atoms with Gasteiger partial charge in [0.1, 0.15) is 0 Å². The normalized spacial score (nSPS) is 21.9. The average molecular weight is 99.1 g/mol. The Balaban J connectivity index is 2.58. The highest BCUT2D eigenvalue weighted by atomic mass is 16.2. The van der Waals surface area contributed by atoms with Gasteiger partial charge in [0.2, 0.25) is 0 Å². The molecule has 0 bridgehead atoms. The maximum absolute atomic E-state index is 10.2. The lowest BCUT2D eigenvalue weighted by Gasteiger charge is -2.00. The molecule has 0 fully saturated rings. The number of primary amides is 1. The number of nitrogens with two attached hydrogens (primary N) is 1. The van der Waals surface area contributed by atoms with Crippen molar-refractivity contribution in [2.24, 2.45) is 5.73 Å². The average Bonchev–Trinajstić information content (AvgIpc) is 2.21. The monoisotopic (exact) mass is 99.1 g/mol. The molecule has 0 spiro atoms. The summed E-state index contributed by atoms with van der Waals surface area (Å²) in [7, 11) is 1.72. The van der Waals surface area contributed by atoms with Gasteiger partial charge >= 0.3 is 6.03 Å². The molecule has 1 rings (SSSR count). The predicted molar refractivity (Wildman–Crippen MR) is 24.9 cm³/mol. The number of nitrogens with zero attached hydrogens (tertiary/aromatic N) is 1. The Morgan fingerprint density at radius 1 is 1.71 bits per heavy atom. The molecule has 7 heavy (non-hydrogen) atoms. The molecule has 0 aromatic carbocycles. The van der Waals surface area contributed by atoms with Gasteiger partial charge in [-0.2, -0.15) is 4.48 Å². The minimum absolute atomic E-state index is 0.194. The molecule has 2 amide bonds. The number of hydrogen-bond donors (Lipinski definition) is 1. The molecule has 0 atom stereocenters. The molecule has 1 aliphatic heterocycles. The van der Waals surface area contributed by atoms with Gasteiger partial charge in [0.05, 0.1) is 7.05 Å². The van der Waals surface area contributed by atoms with Gasteiger partial charge in [-0.25, -0.2) is 4.79 Å². The van der Waals surface area contributed by atoms with Gasteiger partial charge in [0, 0.05) is 0 Å². The number of rotatable bonds is 0. The fourth-order valence-corrected chi connectivity index (χ4v) is 0.247. The Bertz CT molecular complexity index is 133. The molecular weight excluding hydrogens is 92.1 g/mol. The first-order valence-corrected chi connectivity index (χ1v) is 2.01. The van der Waals surface area contributed by atoms with E-state index in [4.69, 9.17) is 5.73 Å². The van der Waals surface area contributed by atoms with Crippen LogP contribution >= 0.6 is 0 Å². The summed E-state index contributed by atoms with van der Waals surface area (Å²) in [6, 6.07) is -0.319. The number of hydrogen-bond acceptors (Lipinski definition) is 1. The zero-order valence-corrected chi connectivity index (χ0v) is 4.09. The summed E-state index contributed by atoms with van der Waals surface area (Å²) >= 11 is 0. The highest BCUT2D eigenvalue weighted by molar-refractivity contribution is 5.67. The van der Waals surface area contributed by atoms with Gasteiger partial charge in [0.25, 0.3) is 0 Å². The van der Waals surface area contributed by atoms with Crippen molar-refractivity contribution in [1.82, 2.24) is 0 Å². The summed E-state index contributed by atoms with van der Waals surface area (Å²) in [6.45, 7) is 0. The van der Waals surface area contributed by atoms with Crippen molar-refractivity contribution in [3.63, 3.8) is 0 Å². The van der Waals surface area contributed by atoms with Crippen molar-refractivity contribution in [2.75, 3.05) is 7.05 Å². The molecule has 0 saturated carbocycles. The molecule has 38 valence electrons. The Kier molecular flexibility index (Phi) is 0.538. The van der Waals surface area contributed by atoms with Crippen LogP contribution in [0.5, 0.6) is 0 Å². The maximum atomic E-state index is 10.2. The molecule has 0 radical (unpaired) electrons. The molecule has 0 aromatic rings. The van der Waals surface area contributed by atoms with Crippen LogP contribution in [0.1, 0.15) is 0 Å². The van der Waals surface area contributed by atoms with Gasteiger partial charge < -0.3 is 5.73 Å². The van der Waals surface area contributed by atoms with Crippen molar-refractivity contribution < 1.29 is 9.28 Å². The smallest absolute Gasteiger partial charge is 0.318 e. The molecule has 3 nitrogen and oxygen atoms in total. The zero-order chi connectivity index (χ0) is 5.49. The highest BCUT2D eigenvalue weighted by Crippen LogP contribution is 2.17. The molecule has 2 N–H and O–H groups in total. The fourth-order valence-electron chi connectivity index (χ4n) is 0.247. The Labute approximate surface area is 41.6 Å². The van der Waals surface area contributed by atoms with E-state index in [1.165, 1.54) is 0 Å². The molecule has 0 saturated heterocycles. The molecule has 0 unspecified atom stereocenters. The topological polar surface area (TPSA) is 43.1 Å². The summed E-state index contributed by atoms with van der Waals surface area (Å²) < 4.78 is 0.194. The summed E-state index contributed by atoms with van der Waals surface area (Å²) in [6.07, 6.45) is 3.45. The van der Waals surface area contributed by atoms with E-state index < -0.39 is 0 Å². The second kappa shape index (κ2) is 0.869. The first-order valence-electron chi connectivity index (χ1n) is 2.01. The van der Waals surface area contributed by atoms with Gasteiger partial charge in [-0.3, -0.25) is 0 Å². The molecule has 1 heterocycles. The van der Waals surface area contributed by atoms with Crippen molar-refractivity contribution >= 4 is 6.03 Å². The summed E-state index contributed by atoms with van der Waals surface area (Å²) in [5, 5.41) is 0. The molecule has 3 heteroatoms. The van der Waals surface area contributed by atoms with Crippen LogP contribution in [0.3, 0.4) is 0 Å². The molecule has 0 aliphatic carbocycles. The van der Waals surface area contributed by atoms with Gasteiger partial charge in [-0.1, -0.05) is 0 Å². The third-order valence-corrected chi connectivity index (χ3v) is 1.07. The fraction of sp³-hybridized carbons (Fsp3) is 0.250. The lowest BCUT2D eigenvalue weighted by atomic mass is 10.8. The van der Waals surface area contributed by atoms with Crippen LogP contribution in [-0.2, 0) is 0 Å². The third-order valence-electron chi connectivity index (χ3n) is 1.07. The van der Waals surface area contributed by atoms with Crippen LogP contribution < -0.4 is 5.73 Å². The number of amides is 2. The Morgan fingerprint density at radius 2 is 2.14 bits per heavy atom. The molecule has 1 aliphatic rings. The van der Waals surface area contributed by atoms with Crippen LogP contribution in [0.15, 0.2) is 12.4 Å². The van der Waals surface area contributed by atoms with Crippen LogP contribution in [0.4, 0.5) is 4.79 Å². The minimum Gasteiger partial charge on any atom is -0.318 e. The van der Waals surface area contributed by atoms with E-state index in [0.717, 1.165) is 0 Å². The lowest BCUT2D eigenvalue weighted by molar-refractivity contribution is -0.650. The van der Waals surface area contributed by atoms with E-state index in [9.17, 15) is 4.79 Å². The number of urea groups is 1. The largest absolute Gasteiger partial charge is 0.423 e. The maximum Gasteiger partial charge on any atom is 0.423 e. The van der Waals surface area contributed by atoms with Crippen molar-refractivity contribution in [3.8, 4) is 0 Å². The second-order valence-electron chi connectivity index (χ2n) is 1.78. The van der Waals surface area contributed by atoms with E-state index in [0.29, 0.717) is 0 Å². The van der Waals surface area contributed by atoms with Crippen LogP contribution in [0.2, 0.25) is 0 Å². The summed E-state index contributed by atoms with van der Waals surface area (Å²) in [5.41, 5.74) is 4.90. The predicted octanol–water partition coefficient (Wildman–Crippen LogP) is -0.00350. The van der Waals surface area contributed by atoms with E-state index >= 15 is 0 Å². The van der Waals surface area contributed by atoms with Crippen LogP contribution in [0.25, 0.3) is 0 Å². The van der Waals surface area contributed by atoms with E-state index in [1.807, 2.05) is 0 Å². The standard InChI is InChI=1S/C4H6N2O/c1-6(2-3-6)4(5)7/h2-3H,1H3,(H-,5,7)/p+1. The van der Waals surface area contributed by atoms with Gasteiger partial charge in [-0.05, 0) is 0 Å². The van der Waals surface area contributed by atoms with Gasteiger partial charge in [-0.15, -0.1) is 0 Å². The molecule has 0 aromatic heterocycles. The summed E-state index contributed by atoms with van der Waals surface area (Å²) in [4.78, 5) is 10.2. The lowest BCUT2D eigenvalue weighted by Crippen LogP contribution is -2.33. The number of quaternary nitrogens is 1. The SMILES string of the molecule is C[N+]1(C(N)=O)C=C1. The minimum atomic E-state index is -0.319. The Morgan fingerprint density at radius 3 is 2.14 bits per heavy atom. The Hall–Kier alpha value is -0.830. The van der Waals surface area contributed by atoms with E-state index in [2.05, 4.69) is 0 Å². The van der Waals surface area contributed by atoms with E-state index in [1.54, 1.807) is 19.4 Å². The van der Waals surface area contributed by atoms with Crippen molar-refractivity contribution in [2.45, 2.75) is 0 Å². The van der Waals surface area contributed by atoms with E-state index in [-0.39, 0.29) is 10.5 Å². The van der Waals surface area contributed by atoms with Gasteiger partial charge in [0.15, 0.2) is 12.4 Å². The van der Waals surface area contributed by atoms with Crippen molar-refractivity contribution in [1.29, 1.82) is 0 Å². The van der Waals surface area contributed by atoms with Crippen LogP contribution in [-0.4, -0.2) is 17.6 Å². The second-order valence-corrected chi connectivity index (χ2v) is 1.78. The third kappa shape index (κ3) is 0.502. The van der Waals surface area contributed by atoms with Crippen molar-refractivity contribution in [3.05, 3.63) is 12.4 Å². The zero-order valence-electron chi connectivity index (χ0n) is 4.09. The first-order chi connectivity index (χ1) is 3.15. The number of carbonyl (C=O) groups excluding carboxylic acids is 1. The first kappa shape index (κ1) is 4.33. The summed E-state index contributed by atoms with van der Waals surface area (Å²) in [5.74, 6) is 0. The molecular formula is C4H7N2O+. The van der Waals surface area contributed by atoms with Crippen LogP contribution in [0, 0.1) is 0 Å². The quantitative estimate of drug-likeness (QED) is 0.427. The highest BCUT2D eigenvalue weighted by Gasteiger charge is 2.35.